The number of sulfonamides is 1. The van der Waals surface area contributed by atoms with Crippen LogP contribution in [0.3, 0.4) is 0 Å². The van der Waals surface area contributed by atoms with E-state index in [4.69, 9.17) is 16.0 Å². The number of fused-ring (bicyclic) bond motifs is 2. The van der Waals surface area contributed by atoms with Crippen LogP contribution in [0.2, 0.25) is 5.02 Å². The molecular weight excluding hydrogens is 542 g/mol. The third-order valence-electron chi connectivity index (χ3n) is 6.19. The fourth-order valence-corrected chi connectivity index (χ4v) is 7.51. The minimum atomic E-state index is -3.92. The van der Waals surface area contributed by atoms with Crippen molar-refractivity contribution in [1.29, 1.82) is 0 Å². The number of nitrogens with zero attached hydrogens (tertiary/aromatic N) is 5. The van der Waals surface area contributed by atoms with E-state index < -0.39 is 27.9 Å². The Labute approximate surface area is 221 Å². The van der Waals surface area contributed by atoms with Crippen LogP contribution >= 0.6 is 22.9 Å². The number of benzene rings is 1. The summed E-state index contributed by atoms with van der Waals surface area (Å²) in [5, 5.41) is 13.9. The maximum atomic E-state index is 13.5. The molecule has 4 heterocycles. The molecular formula is C23H22ClN5O6S2. The number of piperazine rings is 1. The first-order chi connectivity index (χ1) is 17.6. The molecule has 4 aromatic rings. The molecule has 1 saturated heterocycles. The second-order valence-corrected chi connectivity index (χ2v) is 12.5. The van der Waals surface area contributed by atoms with E-state index in [9.17, 15) is 23.2 Å². The van der Waals surface area contributed by atoms with Crippen molar-refractivity contribution in [2.45, 2.75) is 16.7 Å². The molecule has 5 rings (SSSR count). The largest absolute Gasteiger partial charge is 0.708 e. The van der Waals surface area contributed by atoms with Gasteiger partial charge in [-0.15, -0.1) is 11.3 Å². The Bertz CT molecular complexity index is 1630. The summed E-state index contributed by atoms with van der Waals surface area (Å²) in [4.78, 5) is 32.7. The number of halogens is 1. The SMILES string of the molecule is CN(C)C(=O)CC1CN(S(=O)(=O)c2cc3ccc(Cl)cc3s2)CCN1C(=O)c1oc2cccnc2[n+]1[O-]. The summed E-state index contributed by atoms with van der Waals surface area (Å²) in [5.74, 6) is -1.52. The molecule has 0 spiro atoms. The van der Waals surface area contributed by atoms with Gasteiger partial charge < -0.3 is 19.4 Å². The third kappa shape index (κ3) is 4.63. The van der Waals surface area contributed by atoms with Crippen molar-refractivity contribution >= 4 is 66.1 Å². The molecule has 1 aromatic carbocycles. The van der Waals surface area contributed by atoms with Crippen LogP contribution in [-0.2, 0) is 14.8 Å². The lowest BCUT2D eigenvalue weighted by Crippen LogP contribution is -2.58. The Morgan fingerprint density at radius 1 is 1.27 bits per heavy atom. The van der Waals surface area contributed by atoms with Gasteiger partial charge in [-0.2, -0.15) is 9.04 Å². The number of carbonyl (C=O) groups excluding carboxylic acids is 2. The van der Waals surface area contributed by atoms with Crippen molar-refractivity contribution in [3.05, 3.63) is 58.7 Å². The predicted molar refractivity (Wildman–Crippen MR) is 137 cm³/mol. The molecule has 3 aromatic heterocycles. The van der Waals surface area contributed by atoms with Crippen molar-refractivity contribution in [2.75, 3.05) is 33.7 Å². The van der Waals surface area contributed by atoms with Gasteiger partial charge in [0.05, 0.1) is 6.04 Å². The smallest absolute Gasteiger partial charge is 0.372 e. The van der Waals surface area contributed by atoms with Gasteiger partial charge in [-0.3, -0.25) is 9.59 Å². The Kier molecular flexibility index (Phi) is 6.56. The first-order valence-corrected chi connectivity index (χ1v) is 13.9. The lowest BCUT2D eigenvalue weighted by atomic mass is 10.1. The number of oxazole rings is 1. The zero-order chi connectivity index (χ0) is 26.5. The summed E-state index contributed by atoms with van der Waals surface area (Å²) in [7, 11) is -0.774. The van der Waals surface area contributed by atoms with Crippen LogP contribution < -0.4 is 4.73 Å². The monoisotopic (exact) mass is 563 g/mol. The number of hydrogen-bond acceptors (Lipinski definition) is 8. The zero-order valence-electron chi connectivity index (χ0n) is 19.8. The predicted octanol–water partition coefficient (Wildman–Crippen LogP) is 2.32. The molecule has 37 heavy (non-hydrogen) atoms. The van der Waals surface area contributed by atoms with Gasteiger partial charge in [0.2, 0.25) is 11.5 Å². The molecule has 194 valence electrons. The first-order valence-electron chi connectivity index (χ1n) is 11.2. The molecule has 0 N–H and O–H groups in total. The summed E-state index contributed by atoms with van der Waals surface area (Å²) in [6.07, 6.45) is 1.27. The van der Waals surface area contributed by atoms with Crippen molar-refractivity contribution < 1.29 is 27.2 Å². The highest BCUT2D eigenvalue weighted by Crippen LogP contribution is 2.34. The zero-order valence-corrected chi connectivity index (χ0v) is 22.2. The number of aromatic nitrogens is 2. The fourth-order valence-electron chi connectivity index (χ4n) is 4.22. The Morgan fingerprint density at radius 3 is 2.78 bits per heavy atom. The van der Waals surface area contributed by atoms with Gasteiger partial charge in [-0.05, 0) is 40.7 Å². The number of hydrogen-bond donors (Lipinski definition) is 0. The molecule has 1 unspecified atom stereocenters. The molecule has 11 nitrogen and oxygen atoms in total. The van der Waals surface area contributed by atoms with E-state index in [0.717, 1.165) is 21.4 Å². The van der Waals surface area contributed by atoms with Gasteiger partial charge in [0.15, 0.2) is 0 Å². The lowest BCUT2D eigenvalue weighted by molar-refractivity contribution is -0.588. The van der Waals surface area contributed by atoms with Crippen molar-refractivity contribution in [2.24, 2.45) is 0 Å². The number of amides is 2. The quantitative estimate of drug-likeness (QED) is 0.269. The molecule has 14 heteroatoms. The summed E-state index contributed by atoms with van der Waals surface area (Å²) in [6.45, 7) is -0.183. The van der Waals surface area contributed by atoms with Gasteiger partial charge in [-0.1, -0.05) is 17.7 Å². The summed E-state index contributed by atoms with van der Waals surface area (Å²) < 4.78 is 35.0. The highest BCUT2D eigenvalue weighted by atomic mass is 35.5. The van der Waals surface area contributed by atoms with Gasteiger partial charge >= 0.3 is 17.4 Å². The molecule has 1 fully saturated rings. The first kappa shape index (κ1) is 25.4. The average Bonchev–Trinajstić information content (AvgIpc) is 3.45. The minimum absolute atomic E-state index is 0.0208. The lowest BCUT2D eigenvalue weighted by Gasteiger charge is -2.40. The molecule has 1 aliphatic heterocycles. The van der Waals surface area contributed by atoms with Crippen LogP contribution in [0.15, 0.2) is 51.2 Å². The van der Waals surface area contributed by atoms with Crippen molar-refractivity contribution in [3.63, 3.8) is 0 Å². The van der Waals surface area contributed by atoms with E-state index in [1.54, 1.807) is 44.4 Å². The van der Waals surface area contributed by atoms with E-state index in [0.29, 0.717) is 9.75 Å². The highest BCUT2D eigenvalue weighted by Gasteiger charge is 2.41. The summed E-state index contributed by atoms with van der Waals surface area (Å²) >= 11 is 7.16. The topological polar surface area (TPSA) is 131 Å². The van der Waals surface area contributed by atoms with E-state index in [-0.39, 0.29) is 47.4 Å². The number of thiophene rings is 1. The maximum absolute atomic E-state index is 13.5. The molecule has 0 aliphatic carbocycles. The second-order valence-electron chi connectivity index (χ2n) is 8.78. The van der Waals surface area contributed by atoms with Gasteiger partial charge in [0.1, 0.15) is 10.4 Å². The van der Waals surface area contributed by atoms with E-state index >= 15 is 0 Å². The molecule has 0 radical (unpaired) electrons. The van der Waals surface area contributed by atoms with Crippen LogP contribution in [0.5, 0.6) is 0 Å². The molecule has 1 atom stereocenters. The number of rotatable bonds is 5. The summed E-state index contributed by atoms with van der Waals surface area (Å²) in [5.41, 5.74) is 0.102. The Hall–Kier alpha value is -3.26. The standard InChI is InChI=1S/C23H22ClN5O6S2/c1-26(2)19(30)12-16-13-27(37(33,34)20-10-14-5-6-15(24)11-18(14)36-20)8-9-28(16)22(31)23-29(32)21-17(35-23)4-3-7-25-21/h3-7,10-11,16H,8-9,12-13H2,1-2H3. The van der Waals surface area contributed by atoms with Crippen LogP contribution in [0.4, 0.5) is 0 Å². The van der Waals surface area contributed by atoms with Crippen molar-refractivity contribution in [1.82, 2.24) is 19.1 Å². The van der Waals surface area contributed by atoms with Gasteiger partial charge in [0, 0.05) is 49.9 Å². The second kappa shape index (κ2) is 9.56. The highest BCUT2D eigenvalue weighted by molar-refractivity contribution is 7.91. The molecule has 0 saturated carbocycles. The average molecular weight is 564 g/mol. The van der Waals surface area contributed by atoms with E-state index in [2.05, 4.69) is 4.98 Å². The van der Waals surface area contributed by atoms with E-state index in [1.165, 1.54) is 26.4 Å². The summed E-state index contributed by atoms with van der Waals surface area (Å²) in [6, 6.07) is 9.00. The van der Waals surface area contributed by atoms with Gasteiger partial charge in [-0.25, -0.2) is 8.42 Å². The third-order valence-corrected chi connectivity index (χ3v) is 9.83. The molecule has 0 bridgehead atoms. The Morgan fingerprint density at radius 2 is 2.05 bits per heavy atom. The maximum Gasteiger partial charge on any atom is 0.372 e. The van der Waals surface area contributed by atoms with Crippen LogP contribution in [0.25, 0.3) is 21.3 Å². The van der Waals surface area contributed by atoms with Crippen LogP contribution in [0.1, 0.15) is 17.1 Å². The fraction of sp³-hybridized carbons (Fsp3) is 0.304. The number of carbonyl (C=O) groups is 2. The van der Waals surface area contributed by atoms with Crippen LogP contribution in [0, 0.1) is 5.21 Å². The van der Waals surface area contributed by atoms with Crippen LogP contribution in [-0.4, -0.2) is 79.1 Å². The van der Waals surface area contributed by atoms with Crippen molar-refractivity contribution in [3.8, 4) is 0 Å². The normalized spacial score (nSPS) is 16.9. The minimum Gasteiger partial charge on any atom is -0.708 e. The van der Waals surface area contributed by atoms with Gasteiger partial charge in [0.25, 0.3) is 10.0 Å². The number of pyridine rings is 1. The Balaban J connectivity index is 1.46. The van der Waals surface area contributed by atoms with E-state index in [1.807, 2.05) is 0 Å². The molecule has 1 aliphatic rings. The molecule has 2 amide bonds.